The molecule has 1 aliphatic rings. The van der Waals surface area contributed by atoms with Gasteiger partial charge >= 0.3 is 5.69 Å². The SMILES string of the molecule is CCOc1cc(/C=C2\SC(=O)N(CC(=O)Nc3ccc(CC)cc3)C2=O)cc([N+](=O)[O-])c1O. The molecule has 0 radical (unpaired) electrons. The molecule has 0 saturated carbocycles. The number of nitrogens with one attached hydrogen (secondary N) is 1. The van der Waals surface area contributed by atoms with Crippen LogP contribution in [0.25, 0.3) is 6.08 Å². The number of benzene rings is 2. The Labute approximate surface area is 193 Å². The maximum absolute atomic E-state index is 12.7. The van der Waals surface area contributed by atoms with E-state index in [0.29, 0.717) is 17.4 Å². The van der Waals surface area contributed by atoms with Crippen LogP contribution in [0.15, 0.2) is 41.3 Å². The molecule has 1 heterocycles. The summed E-state index contributed by atoms with van der Waals surface area (Å²) in [4.78, 5) is 48.6. The van der Waals surface area contributed by atoms with Crippen LogP contribution in [0.4, 0.5) is 16.2 Å². The third kappa shape index (κ3) is 5.50. The molecule has 11 heteroatoms. The summed E-state index contributed by atoms with van der Waals surface area (Å²) in [6.45, 7) is 3.33. The summed E-state index contributed by atoms with van der Waals surface area (Å²) >= 11 is 0.613. The van der Waals surface area contributed by atoms with Crippen molar-refractivity contribution in [3.63, 3.8) is 0 Å². The Balaban J connectivity index is 1.77. The van der Waals surface area contributed by atoms with Crippen molar-refractivity contribution in [2.45, 2.75) is 20.3 Å². The standard InChI is InChI=1S/C22H21N3O7S/c1-3-13-5-7-15(8-6-13)23-19(26)12-24-21(28)18(33-22(24)29)11-14-9-16(25(30)31)20(27)17(10-14)32-4-2/h5-11,27H,3-4,12H2,1-2H3,(H,23,26)/b18-11-. The van der Waals surface area contributed by atoms with Gasteiger partial charge in [-0.25, -0.2) is 0 Å². The molecule has 2 N–H and O–H groups in total. The molecular weight excluding hydrogens is 450 g/mol. The zero-order valence-corrected chi connectivity index (χ0v) is 18.7. The lowest BCUT2D eigenvalue weighted by Gasteiger charge is -2.12. The van der Waals surface area contributed by atoms with Crippen LogP contribution in [0.1, 0.15) is 25.0 Å². The largest absolute Gasteiger partial charge is 0.500 e. The molecule has 1 aliphatic heterocycles. The topological polar surface area (TPSA) is 139 Å². The lowest BCUT2D eigenvalue weighted by Crippen LogP contribution is -2.36. The van der Waals surface area contributed by atoms with E-state index >= 15 is 0 Å². The summed E-state index contributed by atoms with van der Waals surface area (Å²) in [7, 11) is 0. The minimum absolute atomic E-state index is 0.0115. The molecule has 10 nitrogen and oxygen atoms in total. The Morgan fingerprint density at radius 2 is 1.94 bits per heavy atom. The van der Waals surface area contributed by atoms with Gasteiger partial charge in [0.2, 0.25) is 11.7 Å². The number of hydrogen-bond acceptors (Lipinski definition) is 8. The monoisotopic (exact) mass is 471 g/mol. The Kier molecular flexibility index (Phi) is 7.34. The fraction of sp³-hybridized carbons (Fsp3) is 0.227. The van der Waals surface area contributed by atoms with E-state index in [4.69, 9.17) is 4.74 Å². The zero-order valence-electron chi connectivity index (χ0n) is 17.9. The van der Waals surface area contributed by atoms with E-state index < -0.39 is 40.0 Å². The maximum Gasteiger partial charge on any atom is 0.315 e. The normalized spacial score (nSPS) is 14.6. The predicted molar refractivity (Wildman–Crippen MR) is 123 cm³/mol. The van der Waals surface area contributed by atoms with E-state index in [2.05, 4.69) is 5.32 Å². The van der Waals surface area contributed by atoms with Gasteiger partial charge in [0.1, 0.15) is 6.54 Å². The van der Waals surface area contributed by atoms with E-state index in [1.807, 2.05) is 19.1 Å². The Morgan fingerprint density at radius 1 is 1.24 bits per heavy atom. The molecular formula is C22H21N3O7S. The number of ether oxygens (including phenoxy) is 1. The average molecular weight is 471 g/mol. The molecule has 0 bridgehead atoms. The lowest BCUT2D eigenvalue weighted by atomic mass is 10.1. The quantitative estimate of drug-likeness (QED) is 0.335. The van der Waals surface area contributed by atoms with Gasteiger partial charge < -0.3 is 15.2 Å². The van der Waals surface area contributed by atoms with Crippen molar-refractivity contribution in [3.05, 3.63) is 62.5 Å². The van der Waals surface area contributed by atoms with Gasteiger partial charge in [0.05, 0.1) is 16.4 Å². The number of nitro groups is 1. The van der Waals surface area contributed by atoms with Gasteiger partial charge in [-0.3, -0.25) is 29.4 Å². The van der Waals surface area contributed by atoms with Gasteiger partial charge in [0.25, 0.3) is 11.1 Å². The number of imide groups is 1. The predicted octanol–water partition coefficient (Wildman–Crippen LogP) is 3.94. The van der Waals surface area contributed by atoms with E-state index in [1.165, 1.54) is 12.1 Å². The van der Waals surface area contributed by atoms with Gasteiger partial charge in [0.15, 0.2) is 5.75 Å². The molecule has 1 saturated heterocycles. The number of nitrogens with zero attached hydrogens (tertiary/aromatic N) is 2. The van der Waals surface area contributed by atoms with Crippen molar-refractivity contribution in [3.8, 4) is 11.5 Å². The second kappa shape index (κ2) is 10.2. The summed E-state index contributed by atoms with van der Waals surface area (Å²) in [6, 6.07) is 9.60. The van der Waals surface area contributed by atoms with Crippen LogP contribution < -0.4 is 10.1 Å². The molecule has 3 amide bonds. The number of aromatic hydroxyl groups is 1. The fourth-order valence-electron chi connectivity index (χ4n) is 3.06. The molecule has 0 aromatic heterocycles. The zero-order chi connectivity index (χ0) is 24.1. The summed E-state index contributed by atoms with van der Waals surface area (Å²) in [5.74, 6) is -1.99. The highest BCUT2D eigenvalue weighted by molar-refractivity contribution is 8.18. The Bertz CT molecular complexity index is 1150. The van der Waals surface area contributed by atoms with E-state index in [1.54, 1.807) is 19.1 Å². The number of carbonyl (C=O) groups excluding carboxylic acids is 3. The second-order valence-corrected chi connectivity index (χ2v) is 7.94. The molecule has 0 unspecified atom stereocenters. The first-order chi connectivity index (χ1) is 15.7. The molecule has 0 aliphatic carbocycles. The molecule has 33 heavy (non-hydrogen) atoms. The van der Waals surface area contributed by atoms with Crippen molar-refractivity contribution < 1.29 is 29.2 Å². The smallest absolute Gasteiger partial charge is 0.315 e. The minimum atomic E-state index is -0.779. The summed E-state index contributed by atoms with van der Waals surface area (Å²) < 4.78 is 5.22. The van der Waals surface area contributed by atoms with E-state index in [9.17, 15) is 29.6 Å². The molecule has 3 rings (SSSR count). The highest BCUT2D eigenvalue weighted by Gasteiger charge is 2.36. The van der Waals surface area contributed by atoms with E-state index in [0.717, 1.165) is 23.0 Å². The molecule has 2 aromatic rings. The van der Waals surface area contributed by atoms with Crippen molar-refractivity contribution in [2.24, 2.45) is 0 Å². The van der Waals surface area contributed by atoms with Crippen molar-refractivity contribution >= 4 is 46.3 Å². The first kappa shape index (κ1) is 23.8. The first-order valence-corrected chi connectivity index (χ1v) is 10.8. The van der Waals surface area contributed by atoms with E-state index in [-0.39, 0.29) is 22.8 Å². The van der Waals surface area contributed by atoms with Crippen LogP contribution in [0.5, 0.6) is 11.5 Å². The molecule has 2 aromatic carbocycles. The van der Waals surface area contributed by atoms with Gasteiger partial charge in [0, 0.05) is 11.8 Å². The van der Waals surface area contributed by atoms with Crippen molar-refractivity contribution in [2.75, 3.05) is 18.5 Å². The van der Waals surface area contributed by atoms with Gasteiger partial charge in [-0.2, -0.15) is 0 Å². The van der Waals surface area contributed by atoms with Crippen LogP contribution in [0.3, 0.4) is 0 Å². The highest BCUT2D eigenvalue weighted by Crippen LogP contribution is 2.39. The number of carbonyl (C=O) groups is 3. The molecule has 0 atom stereocenters. The molecule has 172 valence electrons. The van der Waals surface area contributed by atoms with Crippen LogP contribution in [0, 0.1) is 10.1 Å². The first-order valence-electron chi connectivity index (χ1n) is 10.0. The highest BCUT2D eigenvalue weighted by atomic mass is 32.2. The van der Waals surface area contributed by atoms with Gasteiger partial charge in [-0.15, -0.1) is 0 Å². The number of phenolic OH excluding ortho intramolecular Hbond substituents is 1. The maximum atomic E-state index is 12.7. The number of aryl methyl sites for hydroxylation is 1. The number of anilines is 1. The second-order valence-electron chi connectivity index (χ2n) is 6.94. The number of rotatable bonds is 8. The molecule has 1 fully saturated rings. The summed E-state index contributed by atoms with van der Waals surface area (Å²) in [5, 5.41) is 23.2. The lowest BCUT2D eigenvalue weighted by molar-refractivity contribution is -0.386. The Hall–Kier alpha value is -3.86. The van der Waals surface area contributed by atoms with Crippen LogP contribution in [-0.2, 0) is 16.0 Å². The van der Waals surface area contributed by atoms with Gasteiger partial charge in [-0.05, 0) is 60.5 Å². The summed E-state index contributed by atoms with van der Waals surface area (Å²) in [6.07, 6.45) is 2.13. The number of nitro benzene ring substituents is 1. The third-order valence-electron chi connectivity index (χ3n) is 4.69. The van der Waals surface area contributed by atoms with Crippen LogP contribution in [0.2, 0.25) is 0 Å². The number of hydrogen-bond donors (Lipinski definition) is 2. The fourth-order valence-corrected chi connectivity index (χ4v) is 3.90. The van der Waals surface area contributed by atoms with Gasteiger partial charge in [-0.1, -0.05) is 19.1 Å². The minimum Gasteiger partial charge on any atom is -0.500 e. The van der Waals surface area contributed by atoms with Crippen molar-refractivity contribution in [1.29, 1.82) is 0 Å². The number of thioether (sulfide) groups is 1. The van der Waals surface area contributed by atoms with Crippen molar-refractivity contribution in [1.82, 2.24) is 4.90 Å². The molecule has 0 spiro atoms. The summed E-state index contributed by atoms with van der Waals surface area (Å²) in [5.41, 5.74) is 1.24. The Morgan fingerprint density at radius 3 is 2.55 bits per heavy atom. The average Bonchev–Trinajstić information content (AvgIpc) is 3.03. The third-order valence-corrected chi connectivity index (χ3v) is 5.60. The van der Waals surface area contributed by atoms with Crippen LogP contribution in [-0.4, -0.2) is 45.1 Å². The van der Waals surface area contributed by atoms with Crippen LogP contribution >= 0.6 is 11.8 Å². The number of amides is 3. The number of phenols is 1.